The van der Waals surface area contributed by atoms with Gasteiger partial charge in [0.1, 0.15) is 5.82 Å². The van der Waals surface area contributed by atoms with Crippen LogP contribution in [0.3, 0.4) is 0 Å². The minimum absolute atomic E-state index is 0.194. The van der Waals surface area contributed by atoms with Crippen molar-refractivity contribution in [3.8, 4) is 0 Å². The fourth-order valence-electron chi connectivity index (χ4n) is 1.63. The summed E-state index contributed by atoms with van der Waals surface area (Å²) in [6.45, 7) is 1.89. The van der Waals surface area contributed by atoms with Gasteiger partial charge in [0.05, 0.1) is 11.1 Å². The first-order valence-electron chi connectivity index (χ1n) is 5.43. The molecule has 1 heterocycles. The molecule has 2 rings (SSSR count). The Balaban J connectivity index is 2.43. The van der Waals surface area contributed by atoms with Crippen LogP contribution in [0.4, 0.5) is 11.5 Å². The van der Waals surface area contributed by atoms with Crippen LogP contribution in [0.2, 0.25) is 0 Å². The number of nitrogens with two attached hydrogens (primary N) is 1. The number of hydrogen-bond donors (Lipinski definition) is 3. The summed E-state index contributed by atoms with van der Waals surface area (Å²) in [5.41, 5.74) is 6.77. The Morgan fingerprint density at radius 2 is 2.17 bits per heavy atom. The molecular formula is C11H14N4O2S. The average Bonchev–Trinajstić information content (AvgIpc) is 2.81. The van der Waals surface area contributed by atoms with Crippen LogP contribution in [0, 0.1) is 0 Å². The van der Waals surface area contributed by atoms with Crippen LogP contribution < -0.4 is 10.5 Å². The van der Waals surface area contributed by atoms with Gasteiger partial charge in [-0.05, 0) is 24.1 Å². The van der Waals surface area contributed by atoms with Crippen molar-refractivity contribution in [2.24, 2.45) is 0 Å². The first-order chi connectivity index (χ1) is 8.53. The van der Waals surface area contributed by atoms with Crippen molar-refractivity contribution in [3.63, 3.8) is 0 Å². The topological polar surface area (TPSA) is 101 Å². The van der Waals surface area contributed by atoms with E-state index in [9.17, 15) is 8.42 Å². The molecule has 0 aliphatic rings. The van der Waals surface area contributed by atoms with Crippen molar-refractivity contribution in [1.82, 2.24) is 10.2 Å². The Hall–Kier alpha value is -2.02. The lowest BCUT2D eigenvalue weighted by Gasteiger charge is -2.10. The van der Waals surface area contributed by atoms with Crippen LogP contribution >= 0.6 is 0 Å². The molecule has 0 radical (unpaired) electrons. The van der Waals surface area contributed by atoms with E-state index in [1.807, 2.05) is 6.92 Å². The molecule has 0 amide bonds. The molecule has 0 aliphatic carbocycles. The second-order valence-electron chi connectivity index (χ2n) is 3.80. The molecule has 0 fully saturated rings. The summed E-state index contributed by atoms with van der Waals surface area (Å²) in [5, 5.41) is 6.23. The number of anilines is 2. The predicted molar refractivity (Wildman–Crippen MR) is 69.6 cm³/mol. The molecule has 96 valence electrons. The zero-order chi connectivity index (χ0) is 13.2. The molecule has 0 unspecified atom stereocenters. The van der Waals surface area contributed by atoms with Gasteiger partial charge in [-0.15, -0.1) is 0 Å². The molecule has 1 aromatic heterocycles. The minimum atomic E-state index is -3.65. The second kappa shape index (κ2) is 4.69. The lowest BCUT2D eigenvalue weighted by Crippen LogP contribution is -2.15. The fraction of sp³-hybridized carbons (Fsp3) is 0.182. The summed E-state index contributed by atoms with van der Waals surface area (Å²) in [5.74, 6) is 0.319. The number of benzene rings is 1. The molecule has 2 aromatic rings. The zero-order valence-electron chi connectivity index (χ0n) is 9.84. The predicted octanol–water partition coefficient (Wildman–Crippen LogP) is 1.36. The maximum absolute atomic E-state index is 12.2. The quantitative estimate of drug-likeness (QED) is 0.727. The van der Waals surface area contributed by atoms with E-state index in [0.717, 1.165) is 5.56 Å². The van der Waals surface area contributed by atoms with Crippen molar-refractivity contribution in [3.05, 3.63) is 36.0 Å². The van der Waals surface area contributed by atoms with Crippen molar-refractivity contribution in [2.75, 3.05) is 10.5 Å². The van der Waals surface area contributed by atoms with E-state index < -0.39 is 10.0 Å². The Bertz CT molecular complexity index is 635. The molecule has 18 heavy (non-hydrogen) atoms. The van der Waals surface area contributed by atoms with Crippen LogP contribution in [0.25, 0.3) is 0 Å². The Kier molecular flexibility index (Phi) is 3.24. The second-order valence-corrected chi connectivity index (χ2v) is 5.45. The molecule has 4 N–H and O–H groups in total. The number of nitrogen functional groups attached to an aromatic ring is 1. The van der Waals surface area contributed by atoms with Gasteiger partial charge in [0.2, 0.25) is 0 Å². The Labute approximate surface area is 105 Å². The van der Waals surface area contributed by atoms with E-state index in [1.54, 1.807) is 12.1 Å². The van der Waals surface area contributed by atoms with E-state index in [-0.39, 0.29) is 4.90 Å². The smallest absolute Gasteiger partial charge is 0.263 e. The molecule has 6 nitrogen and oxygen atoms in total. The highest BCUT2D eigenvalue weighted by molar-refractivity contribution is 7.92. The summed E-state index contributed by atoms with van der Waals surface area (Å²) >= 11 is 0. The zero-order valence-corrected chi connectivity index (χ0v) is 10.7. The van der Waals surface area contributed by atoms with Crippen LogP contribution in [-0.4, -0.2) is 18.6 Å². The molecule has 7 heteroatoms. The third kappa shape index (κ3) is 2.45. The van der Waals surface area contributed by atoms with Gasteiger partial charge in [-0.1, -0.05) is 13.0 Å². The van der Waals surface area contributed by atoms with Gasteiger partial charge in [-0.25, -0.2) is 8.42 Å². The lowest BCUT2D eigenvalue weighted by atomic mass is 10.1. The number of hydrogen-bond acceptors (Lipinski definition) is 4. The third-order valence-electron chi connectivity index (χ3n) is 2.51. The number of nitrogens with zero attached hydrogens (tertiary/aromatic N) is 1. The highest BCUT2D eigenvalue weighted by atomic mass is 32.2. The number of aromatic nitrogens is 2. The molecular weight excluding hydrogens is 252 g/mol. The van der Waals surface area contributed by atoms with Crippen molar-refractivity contribution >= 4 is 21.5 Å². The summed E-state index contributed by atoms with van der Waals surface area (Å²) in [7, 11) is -3.65. The van der Waals surface area contributed by atoms with Gasteiger partial charge < -0.3 is 5.73 Å². The largest absolute Gasteiger partial charge is 0.399 e. The van der Waals surface area contributed by atoms with Crippen molar-refractivity contribution < 1.29 is 8.42 Å². The van der Waals surface area contributed by atoms with Gasteiger partial charge in [-0.3, -0.25) is 9.82 Å². The van der Waals surface area contributed by atoms with Crippen LogP contribution in [-0.2, 0) is 16.4 Å². The molecule has 1 aromatic carbocycles. The van der Waals surface area contributed by atoms with E-state index in [1.165, 1.54) is 18.3 Å². The lowest BCUT2D eigenvalue weighted by molar-refractivity contribution is 0.600. The third-order valence-corrected chi connectivity index (χ3v) is 3.95. The summed E-state index contributed by atoms with van der Waals surface area (Å²) in [4.78, 5) is 0.194. The number of aromatic amines is 1. The summed E-state index contributed by atoms with van der Waals surface area (Å²) in [6.07, 6.45) is 2.08. The Morgan fingerprint density at radius 3 is 2.78 bits per heavy atom. The van der Waals surface area contributed by atoms with Crippen molar-refractivity contribution in [1.29, 1.82) is 0 Å². The van der Waals surface area contributed by atoms with Gasteiger partial charge in [0, 0.05) is 11.8 Å². The first kappa shape index (κ1) is 12.4. The molecule has 0 bridgehead atoms. The Morgan fingerprint density at radius 1 is 1.39 bits per heavy atom. The van der Waals surface area contributed by atoms with Crippen molar-refractivity contribution in [2.45, 2.75) is 18.2 Å². The monoisotopic (exact) mass is 266 g/mol. The minimum Gasteiger partial charge on any atom is -0.399 e. The number of H-pyrrole nitrogens is 1. The molecule has 0 aliphatic heterocycles. The molecule has 0 saturated heterocycles. The van der Waals surface area contributed by atoms with Gasteiger partial charge in [-0.2, -0.15) is 5.10 Å². The van der Waals surface area contributed by atoms with Gasteiger partial charge in [0.15, 0.2) is 0 Å². The highest BCUT2D eigenvalue weighted by Crippen LogP contribution is 2.21. The van der Waals surface area contributed by atoms with Crippen LogP contribution in [0.15, 0.2) is 35.4 Å². The maximum Gasteiger partial charge on any atom is 0.263 e. The first-order valence-corrected chi connectivity index (χ1v) is 6.92. The average molecular weight is 266 g/mol. The number of sulfonamides is 1. The maximum atomic E-state index is 12.2. The molecule has 0 spiro atoms. The van der Waals surface area contributed by atoms with Gasteiger partial charge >= 0.3 is 0 Å². The standard InChI is InChI=1S/C11H14N4O2S/c1-2-8-3-4-9(12)7-10(8)18(16,17)15-11-5-6-13-14-11/h3-7H,2,12H2,1H3,(H2,13,14,15). The normalized spacial score (nSPS) is 11.4. The fourth-order valence-corrected chi connectivity index (χ4v) is 2.99. The van der Waals surface area contributed by atoms with Crippen LogP contribution in [0.1, 0.15) is 12.5 Å². The van der Waals surface area contributed by atoms with Gasteiger partial charge in [0.25, 0.3) is 10.0 Å². The van der Waals surface area contributed by atoms with E-state index in [4.69, 9.17) is 5.73 Å². The SMILES string of the molecule is CCc1ccc(N)cc1S(=O)(=O)Nc1ccn[nH]1. The molecule has 0 saturated carbocycles. The number of aryl methyl sites for hydroxylation is 1. The number of rotatable bonds is 4. The van der Waals surface area contributed by atoms with E-state index in [0.29, 0.717) is 17.9 Å². The summed E-state index contributed by atoms with van der Waals surface area (Å²) in [6, 6.07) is 6.40. The van der Waals surface area contributed by atoms with Crippen LogP contribution in [0.5, 0.6) is 0 Å². The van der Waals surface area contributed by atoms with E-state index in [2.05, 4.69) is 14.9 Å². The summed E-state index contributed by atoms with van der Waals surface area (Å²) < 4.78 is 26.8. The number of nitrogens with one attached hydrogen (secondary N) is 2. The molecule has 0 atom stereocenters. The highest BCUT2D eigenvalue weighted by Gasteiger charge is 2.18. The van der Waals surface area contributed by atoms with E-state index >= 15 is 0 Å².